The lowest BCUT2D eigenvalue weighted by atomic mass is 10.1. The highest BCUT2D eigenvalue weighted by Crippen LogP contribution is 2.28. The highest BCUT2D eigenvalue weighted by molar-refractivity contribution is 5.73. The minimum atomic E-state index is -3.06. The number of carbonyl (C=O) groups excluding carboxylic acids is 1. The smallest absolute Gasteiger partial charge is 0.310 e. The van der Waals surface area contributed by atoms with Gasteiger partial charge in [-0.2, -0.15) is 0 Å². The third-order valence-electron chi connectivity index (χ3n) is 2.16. The summed E-state index contributed by atoms with van der Waals surface area (Å²) in [5.74, 6) is -2.02. The second-order valence-electron chi connectivity index (χ2n) is 3.29. The molecule has 0 saturated carbocycles. The molecule has 0 aliphatic rings. The van der Waals surface area contributed by atoms with Gasteiger partial charge in [-0.3, -0.25) is 4.79 Å². The Labute approximate surface area is 102 Å². The van der Waals surface area contributed by atoms with Gasteiger partial charge in [0.05, 0.1) is 26.3 Å². The second kappa shape index (κ2) is 6.23. The van der Waals surface area contributed by atoms with Gasteiger partial charge in [-0.1, -0.05) is 0 Å². The Morgan fingerprint density at radius 2 is 2.17 bits per heavy atom. The van der Waals surface area contributed by atoms with Crippen LogP contribution in [0.3, 0.4) is 0 Å². The largest absolute Gasteiger partial charge is 0.495 e. The molecule has 0 spiro atoms. The second-order valence-corrected chi connectivity index (χ2v) is 3.29. The van der Waals surface area contributed by atoms with Gasteiger partial charge in [-0.05, 0) is 6.92 Å². The first-order valence-electron chi connectivity index (χ1n) is 5.16. The fourth-order valence-corrected chi connectivity index (χ4v) is 1.37. The summed E-state index contributed by atoms with van der Waals surface area (Å²) < 4.78 is 48.1. The van der Waals surface area contributed by atoms with Crippen molar-refractivity contribution < 1.29 is 27.4 Å². The van der Waals surface area contributed by atoms with Gasteiger partial charge in [-0.15, -0.1) is 0 Å². The molecule has 0 aromatic carbocycles. The third kappa shape index (κ3) is 3.12. The first-order valence-corrected chi connectivity index (χ1v) is 5.16. The Morgan fingerprint density at radius 1 is 1.50 bits per heavy atom. The predicted molar refractivity (Wildman–Crippen MR) is 56.0 cm³/mol. The zero-order valence-electron chi connectivity index (χ0n) is 9.87. The quantitative estimate of drug-likeness (QED) is 0.765. The minimum absolute atomic E-state index is 0.0649. The van der Waals surface area contributed by atoms with Crippen LogP contribution in [0.5, 0.6) is 5.75 Å². The molecule has 4 nitrogen and oxygen atoms in total. The molecule has 1 aromatic heterocycles. The molecule has 18 heavy (non-hydrogen) atoms. The summed E-state index contributed by atoms with van der Waals surface area (Å²) in [7, 11) is 1.23. The van der Waals surface area contributed by atoms with Crippen LogP contribution in [0.4, 0.5) is 13.2 Å². The number of esters is 1. The van der Waals surface area contributed by atoms with E-state index in [1.807, 2.05) is 0 Å². The number of pyridine rings is 1. The Kier molecular flexibility index (Phi) is 4.94. The number of rotatable bonds is 5. The van der Waals surface area contributed by atoms with Gasteiger partial charge in [0.2, 0.25) is 0 Å². The van der Waals surface area contributed by atoms with Crippen LogP contribution in [0.15, 0.2) is 6.20 Å². The van der Waals surface area contributed by atoms with Gasteiger partial charge in [0.15, 0.2) is 5.82 Å². The SMILES string of the molecule is CCOC(=O)Cc1c(OC)cnc(C(F)F)c1F. The molecule has 0 amide bonds. The molecule has 0 fully saturated rings. The van der Waals surface area contributed by atoms with Crippen LogP contribution in [0, 0.1) is 5.82 Å². The molecule has 7 heteroatoms. The number of alkyl halides is 2. The van der Waals surface area contributed by atoms with Crippen molar-refractivity contribution in [3.8, 4) is 5.75 Å². The standard InChI is InChI=1S/C11H12F3NO3/c1-3-18-8(16)4-6-7(17-2)5-15-10(9(6)12)11(13)14/h5,11H,3-4H2,1-2H3. The Balaban J connectivity index is 3.13. The molecule has 0 aliphatic carbocycles. The Bertz CT molecular complexity index is 438. The number of methoxy groups -OCH3 is 1. The molecule has 0 saturated heterocycles. The van der Waals surface area contributed by atoms with Gasteiger partial charge < -0.3 is 9.47 Å². The summed E-state index contributed by atoms with van der Waals surface area (Å²) in [4.78, 5) is 14.5. The van der Waals surface area contributed by atoms with E-state index >= 15 is 0 Å². The van der Waals surface area contributed by atoms with E-state index in [1.165, 1.54) is 7.11 Å². The molecule has 0 atom stereocenters. The summed E-state index contributed by atoms with van der Waals surface area (Å²) in [6.45, 7) is 1.71. The molecule has 1 aromatic rings. The van der Waals surface area contributed by atoms with E-state index in [2.05, 4.69) is 9.72 Å². The fraction of sp³-hybridized carbons (Fsp3) is 0.455. The highest BCUT2D eigenvalue weighted by atomic mass is 19.3. The molecule has 0 bridgehead atoms. The molecule has 0 N–H and O–H groups in total. The highest BCUT2D eigenvalue weighted by Gasteiger charge is 2.23. The van der Waals surface area contributed by atoms with E-state index in [0.29, 0.717) is 0 Å². The molecule has 100 valence electrons. The average molecular weight is 263 g/mol. The topological polar surface area (TPSA) is 48.4 Å². The van der Waals surface area contributed by atoms with Crippen LogP contribution in [-0.4, -0.2) is 24.7 Å². The van der Waals surface area contributed by atoms with Crippen molar-refractivity contribution in [2.24, 2.45) is 0 Å². The van der Waals surface area contributed by atoms with Crippen molar-refractivity contribution in [3.05, 3.63) is 23.3 Å². The van der Waals surface area contributed by atoms with Crippen LogP contribution in [-0.2, 0) is 16.0 Å². The first kappa shape index (κ1) is 14.3. The fourth-order valence-electron chi connectivity index (χ4n) is 1.37. The van der Waals surface area contributed by atoms with Crippen molar-refractivity contribution >= 4 is 5.97 Å². The lowest BCUT2D eigenvalue weighted by Gasteiger charge is -2.11. The minimum Gasteiger partial charge on any atom is -0.495 e. The summed E-state index contributed by atoms with van der Waals surface area (Å²) in [5.41, 5.74) is -1.28. The zero-order valence-corrected chi connectivity index (χ0v) is 9.87. The third-order valence-corrected chi connectivity index (χ3v) is 2.16. The van der Waals surface area contributed by atoms with Gasteiger partial charge in [0.25, 0.3) is 6.43 Å². The van der Waals surface area contributed by atoms with Crippen molar-refractivity contribution in [1.29, 1.82) is 0 Å². The number of aromatic nitrogens is 1. The summed E-state index contributed by atoms with van der Waals surface area (Å²) in [6, 6.07) is 0. The number of hydrogen-bond donors (Lipinski definition) is 0. The maximum Gasteiger partial charge on any atom is 0.310 e. The molecule has 1 rings (SSSR count). The molecular formula is C11H12F3NO3. The van der Waals surface area contributed by atoms with E-state index in [-0.39, 0.29) is 17.9 Å². The van der Waals surface area contributed by atoms with Gasteiger partial charge >= 0.3 is 5.97 Å². The molecule has 0 radical (unpaired) electrons. The summed E-state index contributed by atoms with van der Waals surface area (Å²) >= 11 is 0. The van der Waals surface area contributed by atoms with E-state index in [1.54, 1.807) is 6.92 Å². The maximum absolute atomic E-state index is 13.7. The summed E-state index contributed by atoms with van der Waals surface area (Å²) in [5, 5.41) is 0. The van der Waals surface area contributed by atoms with E-state index in [9.17, 15) is 18.0 Å². The van der Waals surface area contributed by atoms with Gasteiger partial charge in [0.1, 0.15) is 11.4 Å². The number of hydrogen-bond acceptors (Lipinski definition) is 4. The number of nitrogens with zero attached hydrogens (tertiary/aromatic N) is 1. The molecule has 0 aliphatic heterocycles. The van der Waals surface area contributed by atoms with E-state index < -0.39 is 30.3 Å². The normalized spacial score (nSPS) is 10.6. The lowest BCUT2D eigenvalue weighted by molar-refractivity contribution is -0.142. The van der Waals surface area contributed by atoms with Crippen LogP contribution < -0.4 is 4.74 Å². The lowest BCUT2D eigenvalue weighted by Crippen LogP contribution is -2.12. The van der Waals surface area contributed by atoms with Gasteiger partial charge in [-0.25, -0.2) is 18.2 Å². The number of ether oxygens (including phenoxy) is 2. The van der Waals surface area contributed by atoms with E-state index in [0.717, 1.165) is 6.20 Å². The maximum atomic E-state index is 13.7. The van der Waals surface area contributed by atoms with Gasteiger partial charge in [0, 0.05) is 5.56 Å². The monoisotopic (exact) mass is 263 g/mol. The van der Waals surface area contributed by atoms with Crippen molar-refractivity contribution in [2.45, 2.75) is 19.8 Å². The molecular weight excluding hydrogens is 251 g/mol. The molecule has 1 heterocycles. The van der Waals surface area contributed by atoms with Crippen LogP contribution in [0.25, 0.3) is 0 Å². The predicted octanol–water partition coefficient (Wildman–Crippen LogP) is 2.27. The van der Waals surface area contributed by atoms with Crippen LogP contribution >= 0.6 is 0 Å². The average Bonchev–Trinajstić information content (AvgIpc) is 2.31. The summed E-state index contributed by atoms with van der Waals surface area (Å²) in [6.07, 6.45) is -2.58. The van der Waals surface area contributed by atoms with Crippen LogP contribution in [0.1, 0.15) is 24.6 Å². The number of halogens is 3. The van der Waals surface area contributed by atoms with Crippen molar-refractivity contribution in [3.63, 3.8) is 0 Å². The number of carbonyl (C=O) groups is 1. The van der Waals surface area contributed by atoms with Crippen molar-refractivity contribution in [2.75, 3.05) is 13.7 Å². The molecule has 0 unspecified atom stereocenters. The Hall–Kier alpha value is -1.79. The van der Waals surface area contributed by atoms with Crippen molar-refractivity contribution in [1.82, 2.24) is 4.98 Å². The Morgan fingerprint density at radius 3 is 2.67 bits per heavy atom. The van der Waals surface area contributed by atoms with Crippen LogP contribution in [0.2, 0.25) is 0 Å². The van der Waals surface area contributed by atoms with E-state index in [4.69, 9.17) is 4.74 Å². The first-order chi connectivity index (χ1) is 8.51. The zero-order chi connectivity index (χ0) is 13.7.